The van der Waals surface area contributed by atoms with Gasteiger partial charge in [-0.1, -0.05) is 25.4 Å². The van der Waals surface area contributed by atoms with Gasteiger partial charge in [0.25, 0.3) is 0 Å². The summed E-state index contributed by atoms with van der Waals surface area (Å²) in [5.74, 6) is 0.837. The van der Waals surface area contributed by atoms with Gasteiger partial charge in [-0.15, -0.1) is 11.3 Å². The summed E-state index contributed by atoms with van der Waals surface area (Å²) in [7, 11) is 0. The molecule has 0 unspecified atom stereocenters. The third-order valence-corrected chi connectivity index (χ3v) is 4.30. The van der Waals surface area contributed by atoms with Gasteiger partial charge in [0, 0.05) is 15.3 Å². The van der Waals surface area contributed by atoms with Crippen molar-refractivity contribution in [2.75, 3.05) is 5.32 Å². The van der Waals surface area contributed by atoms with Gasteiger partial charge in [-0.2, -0.15) is 0 Å². The Labute approximate surface area is 116 Å². The Morgan fingerprint density at radius 3 is 2.61 bits per heavy atom. The largest absolute Gasteiger partial charge is 0.365 e. The number of aromatic nitrogens is 2. The molecule has 0 saturated heterocycles. The third kappa shape index (κ3) is 3.00. The normalized spacial score (nSPS) is 10.6. The fraction of sp³-hybridized carbons (Fsp3) is 0.385. The van der Waals surface area contributed by atoms with E-state index >= 15 is 0 Å². The number of thiophene rings is 1. The number of anilines is 1. The fourth-order valence-corrected chi connectivity index (χ4v) is 2.90. The van der Waals surface area contributed by atoms with Crippen LogP contribution < -0.4 is 5.32 Å². The van der Waals surface area contributed by atoms with Crippen molar-refractivity contribution in [3.8, 4) is 0 Å². The fourth-order valence-electron chi connectivity index (χ4n) is 1.73. The number of nitrogens with zero attached hydrogens (tertiary/aromatic N) is 2. The number of rotatable bonds is 5. The molecule has 1 N–H and O–H groups in total. The van der Waals surface area contributed by atoms with Crippen molar-refractivity contribution >= 4 is 28.8 Å². The van der Waals surface area contributed by atoms with Crippen LogP contribution in [0, 0.1) is 0 Å². The van der Waals surface area contributed by atoms with Crippen LogP contribution in [0.25, 0.3) is 0 Å². The van der Waals surface area contributed by atoms with E-state index in [-0.39, 0.29) is 0 Å². The number of hydrogen-bond donors (Lipinski definition) is 1. The van der Waals surface area contributed by atoms with Crippen molar-refractivity contribution in [2.24, 2.45) is 0 Å². The third-order valence-electron chi connectivity index (χ3n) is 2.74. The van der Waals surface area contributed by atoms with Crippen LogP contribution in [0.1, 0.15) is 29.2 Å². The lowest BCUT2D eigenvalue weighted by Gasteiger charge is -2.09. The smallest absolute Gasteiger partial charge is 0.137 e. The van der Waals surface area contributed by atoms with Crippen LogP contribution in [0.15, 0.2) is 18.5 Å². The molecule has 0 aliphatic heterocycles. The Morgan fingerprint density at radius 2 is 1.94 bits per heavy atom. The second kappa shape index (κ2) is 6.16. The number of halogens is 1. The molecule has 0 atom stereocenters. The first-order valence-electron chi connectivity index (χ1n) is 6.05. The maximum atomic E-state index is 6.05. The van der Waals surface area contributed by atoms with Gasteiger partial charge in [0.05, 0.1) is 6.54 Å². The van der Waals surface area contributed by atoms with Gasteiger partial charge in [-0.25, -0.2) is 9.97 Å². The Morgan fingerprint density at radius 1 is 1.17 bits per heavy atom. The molecule has 2 heterocycles. The first-order valence-corrected chi connectivity index (χ1v) is 7.24. The van der Waals surface area contributed by atoms with Crippen LogP contribution in [-0.2, 0) is 19.4 Å². The molecule has 2 aromatic rings. The standard InChI is InChI=1S/C13H16ClN3S/c1-3-9-5-6-10(18-9)7-15-13-11(4-2)12(14)16-8-17-13/h5-6,8H,3-4,7H2,1-2H3,(H,15,16,17). The zero-order valence-corrected chi connectivity index (χ0v) is 12.1. The predicted molar refractivity (Wildman–Crippen MR) is 77.4 cm³/mol. The van der Waals surface area contributed by atoms with Gasteiger partial charge in [0.1, 0.15) is 17.3 Å². The topological polar surface area (TPSA) is 37.8 Å². The molecule has 0 bridgehead atoms. The second-order valence-electron chi connectivity index (χ2n) is 3.92. The maximum absolute atomic E-state index is 6.05. The Hall–Kier alpha value is -1.13. The Bertz CT molecular complexity index is 525. The van der Waals surface area contributed by atoms with Crippen LogP contribution in [0.3, 0.4) is 0 Å². The molecule has 0 spiro atoms. The Balaban J connectivity index is 2.08. The van der Waals surface area contributed by atoms with E-state index in [1.807, 2.05) is 11.3 Å². The van der Waals surface area contributed by atoms with E-state index in [4.69, 9.17) is 11.6 Å². The molecule has 0 fully saturated rings. The molecular weight excluding hydrogens is 266 g/mol. The van der Waals surface area contributed by atoms with Crippen molar-refractivity contribution in [3.63, 3.8) is 0 Å². The van der Waals surface area contributed by atoms with E-state index in [0.717, 1.165) is 30.8 Å². The molecule has 18 heavy (non-hydrogen) atoms. The van der Waals surface area contributed by atoms with Crippen LogP contribution >= 0.6 is 22.9 Å². The lowest BCUT2D eigenvalue weighted by Crippen LogP contribution is -2.04. The maximum Gasteiger partial charge on any atom is 0.137 e. The van der Waals surface area contributed by atoms with Gasteiger partial charge >= 0.3 is 0 Å². The highest BCUT2D eigenvalue weighted by atomic mass is 35.5. The quantitative estimate of drug-likeness (QED) is 0.844. The van der Waals surface area contributed by atoms with Crippen molar-refractivity contribution < 1.29 is 0 Å². The van der Waals surface area contributed by atoms with E-state index in [0.29, 0.717) is 5.15 Å². The summed E-state index contributed by atoms with van der Waals surface area (Å²) in [6, 6.07) is 4.33. The molecule has 96 valence electrons. The summed E-state index contributed by atoms with van der Waals surface area (Å²) in [5, 5.41) is 3.87. The highest BCUT2D eigenvalue weighted by Gasteiger charge is 2.08. The summed E-state index contributed by atoms with van der Waals surface area (Å²) in [5.41, 5.74) is 0.978. The highest BCUT2D eigenvalue weighted by molar-refractivity contribution is 7.12. The summed E-state index contributed by atoms with van der Waals surface area (Å²) >= 11 is 7.88. The predicted octanol–water partition coefficient (Wildman–Crippen LogP) is 3.93. The average molecular weight is 282 g/mol. The molecule has 0 radical (unpaired) electrons. The lowest BCUT2D eigenvalue weighted by atomic mass is 10.2. The van der Waals surface area contributed by atoms with E-state index in [2.05, 4.69) is 41.3 Å². The SMILES string of the molecule is CCc1ccc(CNc2ncnc(Cl)c2CC)s1. The van der Waals surface area contributed by atoms with Gasteiger partial charge < -0.3 is 5.32 Å². The molecule has 0 amide bonds. The van der Waals surface area contributed by atoms with Crippen molar-refractivity contribution in [1.82, 2.24) is 9.97 Å². The van der Waals surface area contributed by atoms with E-state index in [1.165, 1.54) is 16.1 Å². The number of aryl methyl sites for hydroxylation is 1. The number of hydrogen-bond acceptors (Lipinski definition) is 4. The molecule has 0 aliphatic carbocycles. The zero-order valence-electron chi connectivity index (χ0n) is 10.5. The van der Waals surface area contributed by atoms with E-state index < -0.39 is 0 Å². The van der Waals surface area contributed by atoms with Crippen LogP contribution in [0.5, 0.6) is 0 Å². The first-order chi connectivity index (χ1) is 8.74. The molecule has 2 aromatic heterocycles. The van der Waals surface area contributed by atoms with E-state index in [9.17, 15) is 0 Å². The van der Waals surface area contributed by atoms with Crippen molar-refractivity contribution in [2.45, 2.75) is 33.2 Å². The van der Waals surface area contributed by atoms with Crippen molar-refractivity contribution in [1.29, 1.82) is 0 Å². The minimum absolute atomic E-state index is 0.537. The molecule has 3 nitrogen and oxygen atoms in total. The summed E-state index contributed by atoms with van der Waals surface area (Å²) in [6.07, 6.45) is 3.41. The Kier molecular flexibility index (Phi) is 4.55. The minimum atomic E-state index is 0.537. The van der Waals surface area contributed by atoms with Crippen LogP contribution in [0.4, 0.5) is 5.82 Å². The van der Waals surface area contributed by atoms with Gasteiger partial charge in [0.2, 0.25) is 0 Å². The van der Waals surface area contributed by atoms with Crippen molar-refractivity contribution in [3.05, 3.63) is 38.9 Å². The minimum Gasteiger partial charge on any atom is -0.365 e. The average Bonchev–Trinajstić information content (AvgIpc) is 2.84. The summed E-state index contributed by atoms with van der Waals surface area (Å²) < 4.78 is 0. The monoisotopic (exact) mass is 281 g/mol. The molecule has 0 aromatic carbocycles. The molecule has 0 saturated carbocycles. The molecule has 0 aliphatic rings. The van der Waals surface area contributed by atoms with E-state index in [1.54, 1.807) is 0 Å². The number of nitrogens with one attached hydrogen (secondary N) is 1. The first kappa shape index (κ1) is 13.3. The molecule has 2 rings (SSSR count). The second-order valence-corrected chi connectivity index (χ2v) is 5.53. The van der Waals surface area contributed by atoms with Crippen LogP contribution in [-0.4, -0.2) is 9.97 Å². The summed E-state index contributed by atoms with van der Waals surface area (Å²) in [6.45, 7) is 5.00. The lowest BCUT2D eigenvalue weighted by molar-refractivity contribution is 1.02. The zero-order chi connectivity index (χ0) is 13.0. The highest BCUT2D eigenvalue weighted by Crippen LogP contribution is 2.22. The van der Waals surface area contributed by atoms with Gasteiger partial charge in [0.15, 0.2) is 0 Å². The van der Waals surface area contributed by atoms with Crippen LogP contribution in [0.2, 0.25) is 5.15 Å². The molecule has 5 heteroatoms. The van der Waals surface area contributed by atoms with Gasteiger partial charge in [-0.05, 0) is 25.0 Å². The molecular formula is C13H16ClN3S. The van der Waals surface area contributed by atoms with Gasteiger partial charge in [-0.3, -0.25) is 0 Å². The summed E-state index contributed by atoms with van der Waals surface area (Å²) in [4.78, 5) is 11.0.